The molecule has 0 unspecified atom stereocenters. The van der Waals surface area contributed by atoms with Gasteiger partial charge in [-0.3, -0.25) is 0 Å². The Morgan fingerprint density at radius 2 is 2.27 bits per heavy atom. The van der Waals surface area contributed by atoms with E-state index in [1.807, 2.05) is 25.1 Å². The van der Waals surface area contributed by atoms with E-state index in [1.165, 1.54) is 18.4 Å². The third-order valence-corrected chi connectivity index (χ3v) is 2.90. The van der Waals surface area contributed by atoms with Crippen molar-refractivity contribution in [2.75, 3.05) is 6.61 Å². The molecule has 1 aromatic carbocycles. The Kier molecular flexibility index (Phi) is 2.75. The van der Waals surface area contributed by atoms with Crippen LogP contribution in [0, 0.1) is 17.2 Å². The van der Waals surface area contributed by atoms with Gasteiger partial charge in [-0.15, -0.1) is 0 Å². The number of benzene rings is 1. The summed E-state index contributed by atoms with van der Waals surface area (Å²) in [5, 5.41) is 18.0. The van der Waals surface area contributed by atoms with E-state index in [0.29, 0.717) is 11.5 Å². The fourth-order valence-electron chi connectivity index (χ4n) is 1.83. The van der Waals surface area contributed by atoms with E-state index in [2.05, 4.69) is 6.07 Å². The maximum absolute atomic E-state index is 9.16. The van der Waals surface area contributed by atoms with Gasteiger partial charge in [-0.25, -0.2) is 0 Å². The molecule has 15 heavy (non-hydrogen) atoms. The number of rotatable bonds is 3. The molecule has 2 nitrogen and oxygen atoms in total. The molecular formula is C13H14NO. The van der Waals surface area contributed by atoms with Crippen molar-refractivity contribution in [3.63, 3.8) is 0 Å². The molecule has 0 aromatic heterocycles. The molecule has 0 aliphatic heterocycles. The normalized spacial score (nSPS) is 15.3. The first-order chi connectivity index (χ1) is 7.26. The first-order valence-corrected chi connectivity index (χ1v) is 5.24. The van der Waals surface area contributed by atoms with Gasteiger partial charge in [0.05, 0.1) is 18.2 Å². The molecule has 2 rings (SSSR count). The number of aliphatic hydroxyl groups is 1. The maximum Gasteiger partial charge on any atom is 0.0991 e. The number of aliphatic hydroxyl groups excluding tert-OH is 1. The van der Waals surface area contributed by atoms with E-state index in [1.54, 1.807) is 0 Å². The summed E-state index contributed by atoms with van der Waals surface area (Å²) < 4.78 is 0. The fraction of sp³-hybridized carbons (Fsp3) is 0.385. The molecule has 77 valence electrons. The smallest absolute Gasteiger partial charge is 0.0991 e. The van der Waals surface area contributed by atoms with Crippen LogP contribution < -0.4 is 0 Å². The molecule has 1 aromatic rings. The monoisotopic (exact) mass is 200 g/mol. The van der Waals surface area contributed by atoms with Gasteiger partial charge in [0.15, 0.2) is 0 Å². The highest BCUT2D eigenvalue weighted by molar-refractivity contribution is 5.47. The standard InChI is InChI=1S/C13H14NO/c1-9(8-15)13-6-10(7-14)2-5-12(13)11-3-4-11/h2,5-6,11,15H,3-4,8H2,1H3. The van der Waals surface area contributed by atoms with Crippen molar-refractivity contribution in [2.24, 2.45) is 0 Å². The molecule has 0 bridgehead atoms. The predicted octanol–water partition coefficient (Wildman–Crippen LogP) is 2.37. The van der Waals surface area contributed by atoms with Crippen LogP contribution in [0.15, 0.2) is 18.2 Å². The molecule has 0 saturated heterocycles. The van der Waals surface area contributed by atoms with Crippen molar-refractivity contribution in [1.82, 2.24) is 0 Å². The molecule has 2 heteroatoms. The molecule has 1 aliphatic carbocycles. The Balaban J connectivity index is 2.41. The Morgan fingerprint density at radius 3 is 2.80 bits per heavy atom. The lowest BCUT2D eigenvalue weighted by Crippen LogP contribution is -2.04. The third kappa shape index (κ3) is 2.03. The van der Waals surface area contributed by atoms with E-state index >= 15 is 0 Å². The molecule has 0 amide bonds. The van der Waals surface area contributed by atoms with Crippen LogP contribution in [0.3, 0.4) is 0 Å². The average Bonchev–Trinajstić information content (AvgIpc) is 3.11. The molecular weight excluding hydrogens is 186 g/mol. The quantitative estimate of drug-likeness (QED) is 0.814. The van der Waals surface area contributed by atoms with Gasteiger partial charge in [-0.05, 0) is 42.0 Å². The minimum Gasteiger partial charge on any atom is -0.395 e. The van der Waals surface area contributed by atoms with Crippen LogP contribution in [-0.2, 0) is 0 Å². The van der Waals surface area contributed by atoms with Gasteiger partial charge in [0.2, 0.25) is 0 Å². The summed E-state index contributed by atoms with van der Waals surface area (Å²) >= 11 is 0. The van der Waals surface area contributed by atoms with Gasteiger partial charge >= 0.3 is 0 Å². The van der Waals surface area contributed by atoms with Crippen LogP contribution in [-0.4, -0.2) is 11.7 Å². The zero-order valence-electron chi connectivity index (χ0n) is 8.83. The van der Waals surface area contributed by atoms with Crippen LogP contribution in [0.4, 0.5) is 0 Å². The van der Waals surface area contributed by atoms with Gasteiger partial charge in [-0.1, -0.05) is 13.0 Å². The van der Waals surface area contributed by atoms with E-state index in [-0.39, 0.29) is 6.61 Å². The minimum absolute atomic E-state index is 0.0641. The second-order valence-corrected chi connectivity index (χ2v) is 4.13. The van der Waals surface area contributed by atoms with Crippen molar-refractivity contribution in [2.45, 2.75) is 25.7 Å². The zero-order valence-corrected chi connectivity index (χ0v) is 8.83. The largest absolute Gasteiger partial charge is 0.395 e. The molecule has 1 radical (unpaired) electrons. The van der Waals surface area contributed by atoms with Crippen molar-refractivity contribution < 1.29 is 5.11 Å². The lowest BCUT2D eigenvalue weighted by Gasteiger charge is -2.13. The van der Waals surface area contributed by atoms with E-state index in [4.69, 9.17) is 10.4 Å². The third-order valence-electron chi connectivity index (χ3n) is 2.90. The van der Waals surface area contributed by atoms with Gasteiger partial charge in [0, 0.05) is 5.92 Å². The second kappa shape index (κ2) is 4.04. The van der Waals surface area contributed by atoms with Crippen LogP contribution >= 0.6 is 0 Å². The van der Waals surface area contributed by atoms with Gasteiger partial charge in [-0.2, -0.15) is 5.26 Å². The number of nitrogens with zero attached hydrogens (tertiary/aromatic N) is 1. The highest BCUT2D eigenvalue weighted by Gasteiger charge is 2.27. The topological polar surface area (TPSA) is 44.0 Å². The van der Waals surface area contributed by atoms with Crippen molar-refractivity contribution in [3.8, 4) is 6.07 Å². The Bertz CT molecular complexity index is 401. The summed E-state index contributed by atoms with van der Waals surface area (Å²) in [7, 11) is 0. The summed E-state index contributed by atoms with van der Waals surface area (Å²) in [5.41, 5.74) is 3.03. The fourth-order valence-corrected chi connectivity index (χ4v) is 1.83. The van der Waals surface area contributed by atoms with Crippen molar-refractivity contribution in [1.29, 1.82) is 5.26 Å². The Morgan fingerprint density at radius 1 is 1.53 bits per heavy atom. The highest BCUT2D eigenvalue weighted by Crippen LogP contribution is 2.43. The average molecular weight is 200 g/mol. The minimum atomic E-state index is 0.0641. The summed E-state index contributed by atoms with van der Waals surface area (Å²) in [6, 6.07) is 7.92. The van der Waals surface area contributed by atoms with Crippen LogP contribution in [0.25, 0.3) is 0 Å². The SMILES string of the molecule is C[C](CO)c1cc(C#N)ccc1C1CC1. The first kappa shape index (κ1) is 10.2. The first-order valence-electron chi connectivity index (χ1n) is 5.24. The van der Waals surface area contributed by atoms with E-state index in [9.17, 15) is 0 Å². The molecule has 0 heterocycles. The van der Waals surface area contributed by atoms with E-state index in [0.717, 1.165) is 11.5 Å². The van der Waals surface area contributed by atoms with E-state index < -0.39 is 0 Å². The van der Waals surface area contributed by atoms with Gasteiger partial charge < -0.3 is 5.11 Å². The molecule has 1 saturated carbocycles. The Hall–Kier alpha value is -1.33. The van der Waals surface area contributed by atoms with Crippen LogP contribution in [0.2, 0.25) is 0 Å². The number of nitriles is 1. The molecule has 0 spiro atoms. The molecule has 1 aliphatic rings. The summed E-state index contributed by atoms with van der Waals surface area (Å²) in [6.45, 7) is 1.98. The van der Waals surface area contributed by atoms with Crippen molar-refractivity contribution >= 4 is 0 Å². The lowest BCUT2D eigenvalue weighted by molar-refractivity contribution is 0.314. The number of hydrogen-bond acceptors (Lipinski definition) is 2. The summed E-state index contributed by atoms with van der Waals surface area (Å²) in [5.74, 6) is 1.60. The zero-order chi connectivity index (χ0) is 10.8. The molecule has 1 N–H and O–H groups in total. The predicted molar refractivity (Wildman–Crippen MR) is 58.2 cm³/mol. The molecule has 1 fully saturated rings. The lowest BCUT2D eigenvalue weighted by atomic mass is 9.92. The van der Waals surface area contributed by atoms with Crippen molar-refractivity contribution in [3.05, 3.63) is 40.8 Å². The number of hydrogen-bond donors (Lipinski definition) is 1. The van der Waals surface area contributed by atoms with Gasteiger partial charge in [0.1, 0.15) is 0 Å². The summed E-state index contributed by atoms with van der Waals surface area (Å²) in [6.07, 6.45) is 2.47. The second-order valence-electron chi connectivity index (χ2n) is 4.13. The Labute approximate surface area is 90.2 Å². The summed E-state index contributed by atoms with van der Waals surface area (Å²) in [4.78, 5) is 0. The highest BCUT2D eigenvalue weighted by atomic mass is 16.3. The van der Waals surface area contributed by atoms with Crippen LogP contribution in [0.1, 0.15) is 42.4 Å². The maximum atomic E-state index is 9.16. The molecule has 0 atom stereocenters. The van der Waals surface area contributed by atoms with Crippen LogP contribution in [0.5, 0.6) is 0 Å². The van der Waals surface area contributed by atoms with Gasteiger partial charge in [0.25, 0.3) is 0 Å².